The van der Waals surface area contributed by atoms with Crippen molar-refractivity contribution in [2.75, 3.05) is 4.90 Å². The number of hydrogen-bond donors (Lipinski definition) is 0. The summed E-state index contributed by atoms with van der Waals surface area (Å²) in [6, 6.07) is 66.3. The molecule has 11 rings (SSSR count). The Balaban J connectivity index is 1.10. The molecule has 1 unspecified atom stereocenters. The lowest BCUT2D eigenvalue weighted by atomic mass is 9.81. The third kappa shape index (κ3) is 5.33. The highest BCUT2D eigenvalue weighted by Gasteiger charge is 2.32. The molecule has 1 heterocycles. The molecule has 0 saturated carbocycles. The number of hydrogen-bond acceptors (Lipinski definition) is 2. The highest BCUT2D eigenvalue weighted by atomic mass is 16.3. The van der Waals surface area contributed by atoms with Gasteiger partial charge in [-0.1, -0.05) is 177 Å². The van der Waals surface area contributed by atoms with E-state index in [9.17, 15) is 0 Å². The number of rotatable bonds is 7. The third-order valence-corrected chi connectivity index (χ3v) is 12.2. The number of fused-ring (bicyclic) bond motifs is 9. The van der Waals surface area contributed by atoms with E-state index < -0.39 is 0 Å². The van der Waals surface area contributed by atoms with E-state index in [0.717, 1.165) is 67.4 Å². The van der Waals surface area contributed by atoms with Crippen LogP contribution in [0, 0.1) is 0 Å². The van der Waals surface area contributed by atoms with Crippen molar-refractivity contribution < 1.29 is 4.42 Å². The van der Waals surface area contributed by atoms with Gasteiger partial charge in [0.25, 0.3) is 0 Å². The first-order valence-corrected chi connectivity index (χ1v) is 20.0. The van der Waals surface area contributed by atoms with Gasteiger partial charge in [0.1, 0.15) is 11.2 Å². The summed E-state index contributed by atoms with van der Waals surface area (Å²) in [5.74, 6) is 0. The summed E-state index contributed by atoms with van der Waals surface area (Å²) in [6.45, 7) is 8.10. The van der Waals surface area contributed by atoms with E-state index in [1.807, 2.05) is 12.2 Å². The molecule has 0 bridgehead atoms. The largest absolute Gasteiger partial charge is 0.455 e. The Kier molecular flexibility index (Phi) is 7.97. The second kappa shape index (κ2) is 13.7. The molecule has 2 nitrogen and oxygen atoms in total. The summed E-state index contributed by atoms with van der Waals surface area (Å²) >= 11 is 0. The average molecular weight is 742 g/mol. The average Bonchev–Trinajstić information content (AvgIpc) is 3.69. The van der Waals surface area contributed by atoms with Crippen LogP contribution in [0.25, 0.3) is 89.0 Å². The van der Waals surface area contributed by atoms with Crippen LogP contribution < -0.4 is 4.90 Å². The van der Waals surface area contributed by atoms with Crippen LogP contribution in [0.15, 0.2) is 200 Å². The monoisotopic (exact) mass is 741 g/mol. The van der Waals surface area contributed by atoms with E-state index in [-0.39, 0.29) is 6.04 Å². The Morgan fingerprint density at radius 2 is 1.16 bits per heavy atom. The van der Waals surface area contributed by atoms with E-state index in [2.05, 4.69) is 200 Å². The molecule has 0 saturated heterocycles. The van der Waals surface area contributed by atoms with Crippen LogP contribution in [0.4, 0.5) is 11.4 Å². The molecule has 274 valence electrons. The molecule has 0 aliphatic heterocycles. The van der Waals surface area contributed by atoms with Crippen molar-refractivity contribution in [1.82, 2.24) is 0 Å². The standard InChI is InChI=1S/C56H39NO/c1-3-36-24-25-41-34-39(29-32-45(41)43(36)4-2)37-26-30-42(31-27-37)57(54-35-40-15-6-7-16-44(40)47-18-9-10-19-48(47)54)53-23-12-11-20-49(53)50-21-13-22-51-52-33-28-38-14-5-8-17-46(38)55(52)58-56(50)51/h3-34,54H,1-2,35H2. The normalized spacial score (nSPS) is 13.4. The van der Waals surface area contributed by atoms with Crippen LogP contribution in [-0.4, -0.2) is 0 Å². The van der Waals surface area contributed by atoms with E-state index in [1.54, 1.807) is 0 Å². The van der Waals surface area contributed by atoms with Gasteiger partial charge in [0, 0.05) is 38.7 Å². The van der Waals surface area contributed by atoms with Crippen LogP contribution in [0.3, 0.4) is 0 Å². The van der Waals surface area contributed by atoms with Gasteiger partial charge in [-0.15, -0.1) is 0 Å². The predicted molar refractivity (Wildman–Crippen MR) is 247 cm³/mol. The molecular weight excluding hydrogens is 703 g/mol. The van der Waals surface area contributed by atoms with Crippen molar-refractivity contribution >= 4 is 67.0 Å². The van der Waals surface area contributed by atoms with Gasteiger partial charge in [-0.05, 0) is 97.4 Å². The highest BCUT2D eigenvalue weighted by Crippen LogP contribution is 2.49. The van der Waals surface area contributed by atoms with Gasteiger partial charge in [0.05, 0.1) is 6.04 Å². The first-order chi connectivity index (χ1) is 28.7. The second-order valence-corrected chi connectivity index (χ2v) is 15.3. The maximum atomic E-state index is 6.93. The van der Waals surface area contributed by atoms with Crippen molar-refractivity contribution in [3.05, 3.63) is 217 Å². The first-order valence-electron chi connectivity index (χ1n) is 20.0. The van der Waals surface area contributed by atoms with Gasteiger partial charge in [0.2, 0.25) is 0 Å². The van der Waals surface area contributed by atoms with Crippen molar-refractivity contribution in [2.24, 2.45) is 0 Å². The van der Waals surface area contributed by atoms with Gasteiger partial charge in [-0.3, -0.25) is 0 Å². The minimum Gasteiger partial charge on any atom is -0.455 e. The van der Waals surface area contributed by atoms with Gasteiger partial charge in [0.15, 0.2) is 0 Å². The van der Waals surface area contributed by atoms with Gasteiger partial charge < -0.3 is 9.32 Å². The van der Waals surface area contributed by atoms with Crippen LogP contribution in [0.2, 0.25) is 0 Å². The fraction of sp³-hybridized carbons (Fsp3) is 0.0357. The van der Waals surface area contributed by atoms with Crippen molar-refractivity contribution in [3.63, 3.8) is 0 Å². The quantitative estimate of drug-likeness (QED) is 0.162. The molecular formula is C56H39NO. The van der Waals surface area contributed by atoms with E-state index in [4.69, 9.17) is 4.42 Å². The molecule has 0 amide bonds. The molecule has 2 heteroatoms. The molecule has 1 aliphatic carbocycles. The SMILES string of the molecule is C=Cc1ccc2cc(-c3ccc(N(c4ccccc4-c4cccc5c4oc4c6ccccc6ccc54)C4Cc5ccccc5-c5ccccc54)cc3)ccc2c1C=C. The zero-order valence-electron chi connectivity index (χ0n) is 32.0. The fourth-order valence-corrected chi connectivity index (χ4v) is 9.45. The number of nitrogens with zero attached hydrogens (tertiary/aromatic N) is 1. The maximum Gasteiger partial charge on any atom is 0.143 e. The summed E-state index contributed by atoms with van der Waals surface area (Å²) in [6.07, 6.45) is 4.70. The van der Waals surface area contributed by atoms with E-state index >= 15 is 0 Å². The Morgan fingerprint density at radius 3 is 2.02 bits per heavy atom. The molecule has 0 N–H and O–H groups in total. The molecule has 0 radical (unpaired) electrons. The lowest BCUT2D eigenvalue weighted by Gasteiger charge is -2.39. The van der Waals surface area contributed by atoms with Crippen molar-refractivity contribution in [2.45, 2.75) is 12.5 Å². The zero-order valence-corrected chi connectivity index (χ0v) is 32.0. The molecule has 1 aliphatic rings. The Hall–Kier alpha value is -7.42. The Morgan fingerprint density at radius 1 is 0.483 bits per heavy atom. The van der Waals surface area contributed by atoms with E-state index in [1.165, 1.54) is 49.5 Å². The van der Waals surface area contributed by atoms with Crippen LogP contribution in [-0.2, 0) is 6.42 Å². The topological polar surface area (TPSA) is 16.4 Å². The molecule has 1 aromatic heterocycles. The lowest BCUT2D eigenvalue weighted by molar-refractivity contribution is 0.673. The number of anilines is 2. The minimum absolute atomic E-state index is 0.0361. The number of furan rings is 1. The Bertz CT molecular complexity index is 3260. The van der Waals surface area contributed by atoms with Crippen LogP contribution in [0.1, 0.15) is 28.3 Å². The van der Waals surface area contributed by atoms with Crippen molar-refractivity contribution in [3.8, 4) is 33.4 Å². The highest BCUT2D eigenvalue weighted by molar-refractivity contribution is 6.17. The molecule has 0 fully saturated rings. The van der Waals surface area contributed by atoms with E-state index in [0.29, 0.717) is 0 Å². The Labute approximate surface area is 338 Å². The maximum absolute atomic E-state index is 6.93. The molecule has 58 heavy (non-hydrogen) atoms. The van der Waals surface area contributed by atoms with Gasteiger partial charge in [-0.25, -0.2) is 0 Å². The van der Waals surface area contributed by atoms with Gasteiger partial charge in [-0.2, -0.15) is 0 Å². The summed E-state index contributed by atoms with van der Waals surface area (Å²) in [5, 5.41) is 6.92. The summed E-state index contributed by atoms with van der Waals surface area (Å²) in [5.41, 5.74) is 16.1. The van der Waals surface area contributed by atoms with Crippen molar-refractivity contribution in [1.29, 1.82) is 0 Å². The van der Waals surface area contributed by atoms with Crippen LogP contribution in [0.5, 0.6) is 0 Å². The van der Waals surface area contributed by atoms with Crippen LogP contribution >= 0.6 is 0 Å². The number of para-hydroxylation sites is 2. The summed E-state index contributed by atoms with van der Waals surface area (Å²) < 4.78 is 6.93. The number of benzene rings is 9. The lowest BCUT2D eigenvalue weighted by Crippen LogP contribution is -2.29. The molecule has 1 atom stereocenters. The molecule has 0 spiro atoms. The minimum atomic E-state index is 0.0361. The summed E-state index contributed by atoms with van der Waals surface area (Å²) in [7, 11) is 0. The third-order valence-electron chi connectivity index (χ3n) is 12.2. The second-order valence-electron chi connectivity index (χ2n) is 15.3. The zero-order chi connectivity index (χ0) is 38.7. The fourth-order valence-electron chi connectivity index (χ4n) is 9.45. The molecule has 9 aromatic carbocycles. The molecule has 10 aromatic rings. The summed E-state index contributed by atoms with van der Waals surface area (Å²) in [4.78, 5) is 2.57. The van der Waals surface area contributed by atoms with Gasteiger partial charge >= 0.3 is 0 Å². The smallest absolute Gasteiger partial charge is 0.143 e. The first kappa shape index (κ1) is 33.9. The predicted octanol–water partition coefficient (Wildman–Crippen LogP) is 15.6.